The summed E-state index contributed by atoms with van der Waals surface area (Å²) >= 11 is 1.73. The summed E-state index contributed by atoms with van der Waals surface area (Å²) in [6.07, 6.45) is 2.87. The first kappa shape index (κ1) is 18.5. The number of rotatable bonds is 7. The zero-order valence-corrected chi connectivity index (χ0v) is 15.1. The van der Waals surface area contributed by atoms with Crippen LogP contribution in [0.15, 0.2) is 17.0 Å². The van der Waals surface area contributed by atoms with Crippen molar-refractivity contribution in [2.45, 2.75) is 44.7 Å². The normalized spacial score (nSPS) is 13.7. The zero-order valence-electron chi connectivity index (χ0n) is 13.5. The molecule has 4 nitrogen and oxygen atoms in total. The Morgan fingerprint density at radius 2 is 1.95 bits per heavy atom. The Morgan fingerprint density at radius 1 is 1.33 bits per heavy atom. The predicted molar refractivity (Wildman–Crippen MR) is 91.2 cm³/mol. The van der Waals surface area contributed by atoms with Crippen molar-refractivity contribution in [3.8, 4) is 0 Å². The fourth-order valence-corrected chi connectivity index (χ4v) is 4.46. The molecule has 0 amide bonds. The SMILES string of the molecule is CSCCC(C)N(C)S(=O)(=O)c1cc(CN)cc(C)c1C. The molecule has 0 aliphatic heterocycles. The van der Waals surface area contributed by atoms with Gasteiger partial charge in [0.1, 0.15) is 0 Å². The number of aryl methyl sites for hydroxylation is 1. The zero-order chi connectivity index (χ0) is 16.2. The van der Waals surface area contributed by atoms with Gasteiger partial charge in [-0.25, -0.2) is 8.42 Å². The van der Waals surface area contributed by atoms with Crippen LogP contribution >= 0.6 is 11.8 Å². The van der Waals surface area contributed by atoms with Crippen LogP contribution in [-0.4, -0.2) is 37.8 Å². The van der Waals surface area contributed by atoms with Crippen molar-refractivity contribution in [1.82, 2.24) is 4.31 Å². The molecule has 1 atom stereocenters. The van der Waals surface area contributed by atoms with Crippen molar-refractivity contribution in [3.05, 3.63) is 28.8 Å². The van der Waals surface area contributed by atoms with Gasteiger partial charge >= 0.3 is 0 Å². The third-order valence-corrected chi connectivity index (χ3v) is 6.67. The van der Waals surface area contributed by atoms with Crippen LogP contribution in [0.1, 0.15) is 30.0 Å². The van der Waals surface area contributed by atoms with E-state index in [1.165, 1.54) is 4.31 Å². The van der Waals surface area contributed by atoms with Crippen molar-refractivity contribution >= 4 is 21.8 Å². The number of hydrogen-bond acceptors (Lipinski definition) is 4. The maximum absolute atomic E-state index is 12.9. The van der Waals surface area contributed by atoms with E-state index in [2.05, 4.69) is 0 Å². The fourth-order valence-electron chi connectivity index (χ4n) is 2.15. The highest BCUT2D eigenvalue weighted by atomic mass is 32.2. The maximum atomic E-state index is 12.9. The van der Waals surface area contributed by atoms with E-state index < -0.39 is 10.0 Å². The van der Waals surface area contributed by atoms with Crippen molar-refractivity contribution in [2.24, 2.45) is 5.73 Å². The summed E-state index contributed by atoms with van der Waals surface area (Å²) in [4.78, 5) is 0.376. The summed E-state index contributed by atoms with van der Waals surface area (Å²) < 4.78 is 27.2. The number of nitrogens with two attached hydrogens (primary N) is 1. The first-order chi connectivity index (χ1) is 9.75. The molecule has 0 spiro atoms. The average Bonchev–Trinajstić information content (AvgIpc) is 2.46. The molecule has 1 aromatic rings. The van der Waals surface area contributed by atoms with Gasteiger partial charge in [-0.2, -0.15) is 16.1 Å². The van der Waals surface area contributed by atoms with Crippen LogP contribution in [0.25, 0.3) is 0 Å². The van der Waals surface area contributed by atoms with Crippen LogP contribution in [0.2, 0.25) is 0 Å². The lowest BCUT2D eigenvalue weighted by Gasteiger charge is -2.25. The Hall–Kier alpha value is -0.560. The second kappa shape index (κ2) is 7.63. The largest absolute Gasteiger partial charge is 0.326 e. The van der Waals surface area contributed by atoms with Gasteiger partial charge in [-0.3, -0.25) is 0 Å². The number of sulfonamides is 1. The maximum Gasteiger partial charge on any atom is 0.243 e. The minimum Gasteiger partial charge on any atom is -0.326 e. The molecule has 120 valence electrons. The molecule has 6 heteroatoms. The number of benzene rings is 1. The van der Waals surface area contributed by atoms with Gasteiger partial charge in [0.05, 0.1) is 4.90 Å². The lowest BCUT2D eigenvalue weighted by molar-refractivity contribution is 0.382. The first-order valence-corrected chi connectivity index (χ1v) is 9.86. The van der Waals surface area contributed by atoms with E-state index >= 15 is 0 Å². The number of nitrogens with zero attached hydrogens (tertiary/aromatic N) is 1. The monoisotopic (exact) mass is 330 g/mol. The molecule has 0 saturated heterocycles. The quantitative estimate of drug-likeness (QED) is 0.834. The smallest absolute Gasteiger partial charge is 0.243 e. The Balaban J connectivity index is 3.21. The number of hydrogen-bond donors (Lipinski definition) is 1. The van der Waals surface area contributed by atoms with Gasteiger partial charge in [0.25, 0.3) is 0 Å². The molecule has 21 heavy (non-hydrogen) atoms. The minimum atomic E-state index is -3.49. The van der Waals surface area contributed by atoms with E-state index in [4.69, 9.17) is 5.73 Å². The minimum absolute atomic E-state index is 0.0244. The highest BCUT2D eigenvalue weighted by molar-refractivity contribution is 7.98. The van der Waals surface area contributed by atoms with Gasteiger partial charge in [-0.1, -0.05) is 6.07 Å². The predicted octanol–water partition coefficient (Wildman–Crippen LogP) is 2.52. The molecule has 0 aromatic heterocycles. The Morgan fingerprint density at radius 3 is 2.48 bits per heavy atom. The number of thioether (sulfide) groups is 1. The molecule has 1 rings (SSSR count). The molecule has 2 N–H and O–H groups in total. The third-order valence-electron chi connectivity index (χ3n) is 3.93. The summed E-state index contributed by atoms with van der Waals surface area (Å²) in [7, 11) is -1.83. The molecule has 0 radical (unpaired) electrons. The molecule has 0 aliphatic carbocycles. The first-order valence-electron chi connectivity index (χ1n) is 7.02. The summed E-state index contributed by atoms with van der Waals surface area (Å²) in [5.74, 6) is 0.946. The highest BCUT2D eigenvalue weighted by Gasteiger charge is 2.27. The molecule has 1 unspecified atom stereocenters. The van der Waals surface area contributed by atoms with E-state index in [0.717, 1.165) is 28.9 Å². The van der Waals surface area contributed by atoms with Crippen LogP contribution < -0.4 is 5.73 Å². The Labute approximate surface area is 133 Å². The molecule has 0 heterocycles. The second-order valence-electron chi connectivity index (χ2n) is 5.39. The van der Waals surface area contributed by atoms with Gasteiger partial charge < -0.3 is 5.73 Å². The molecular formula is C15H26N2O2S2. The van der Waals surface area contributed by atoms with E-state index in [0.29, 0.717) is 11.4 Å². The second-order valence-corrected chi connectivity index (χ2v) is 8.34. The van der Waals surface area contributed by atoms with Crippen molar-refractivity contribution in [1.29, 1.82) is 0 Å². The summed E-state index contributed by atoms with van der Waals surface area (Å²) in [5.41, 5.74) is 8.28. The van der Waals surface area contributed by atoms with Crippen molar-refractivity contribution in [3.63, 3.8) is 0 Å². The third kappa shape index (κ3) is 4.22. The average molecular weight is 331 g/mol. The van der Waals surface area contributed by atoms with E-state index in [1.54, 1.807) is 24.9 Å². The molecule has 1 aromatic carbocycles. The van der Waals surface area contributed by atoms with Crippen LogP contribution in [0.4, 0.5) is 0 Å². The van der Waals surface area contributed by atoms with Gasteiger partial charge in [0.15, 0.2) is 0 Å². The van der Waals surface area contributed by atoms with Crippen molar-refractivity contribution < 1.29 is 8.42 Å². The molecular weight excluding hydrogens is 304 g/mol. The lowest BCUT2D eigenvalue weighted by Crippen LogP contribution is -2.36. The van der Waals surface area contributed by atoms with E-state index in [1.807, 2.05) is 33.1 Å². The lowest BCUT2D eigenvalue weighted by atomic mass is 10.1. The van der Waals surface area contributed by atoms with Crippen LogP contribution in [0.3, 0.4) is 0 Å². The van der Waals surface area contributed by atoms with Gasteiger partial charge in [-0.15, -0.1) is 0 Å². The van der Waals surface area contributed by atoms with Crippen molar-refractivity contribution in [2.75, 3.05) is 19.1 Å². The van der Waals surface area contributed by atoms with Gasteiger partial charge in [-0.05, 0) is 62.0 Å². The standard InChI is InChI=1S/C15H26N2O2S2/c1-11-8-14(10-16)9-15(13(11)3)21(18,19)17(4)12(2)6-7-20-5/h8-9,12H,6-7,10,16H2,1-5H3. The fraction of sp³-hybridized carbons (Fsp3) is 0.600. The van der Waals surface area contributed by atoms with Gasteiger partial charge in [0.2, 0.25) is 10.0 Å². The van der Waals surface area contributed by atoms with Crippen LogP contribution in [0.5, 0.6) is 0 Å². The highest BCUT2D eigenvalue weighted by Crippen LogP contribution is 2.25. The molecule has 0 saturated carbocycles. The Kier molecular flexibility index (Phi) is 6.71. The molecule has 0 bridgehead atoms. The van der Waals surface area contributed by atoms with E-state index in [9.17, 15) is 8.42 Å². The van der Waals surface area contributed by atoms with Gasteiger partial charge in [0, 0.05) is 19.6 Å². The summed E-state index contributed by atoms with van der Waals surface area (Å²) in [6.45, 7) is 6.06. The topological polar surface area (TPSA) is 63.4 Å². The summed E-state index contributed by atoms with van der Waals surface area (Å²) in [5, 5.41) is 0. The molecule has 0 aliphatic rings. The van der Waals surface area contributed by atoms with Crippen LogP contribution in [-0.2, 0) is 16.6 Å². The summed E-state index contributed by atoms with van der Waals surface area (Å²) in [6, 6.07) is 3.63. The Bertz CT molecular complexity index is 586. The molecule has 0 fully saturated rings. The van der Waals surface area contributed by atoms with E-state index in [-0.39, 0.29) is 6.04 Å². The van der Waals surface area contributed by atoms with Crippen LogP contribution in [0, 0.1) is 13.8 Å².